The number of rotatable bonds is 1. The Balaban J connectivity index is 2.09. The molecule has 1 aliphatic heterocycles. The first-order chi connectivity index (χ1) is 7.86. The van der Waals surface area contributed by atoms with Crippen molar-refractivity contribution in [2.75, 3.05) is 13.2 Å². The molecule has 0 radical (unpaired) electrons. The summed E-state index contributed by atoms with van der Waals surface area (Å²) in [5.41, 5.74) is 2.00. The third-order valence-electron chi connectivity index (χ3n) is 2.93. The molecule has 84 valence electrons. The Bertz CT molecular complexity index is 505. The molecule has 1 atom stereocenters. The number of ether oxygens (including phenoxy) is 1. The summed E-state index contributed by atoms with van der Waals surface area (Å²) in [6.07, 6.45) is 2.20. The van der Waals surface area contributed by atoms with E-state index in [4.69, 9.17) is 4.74 Å². The molecule has 0 saturated carbocycles. The first kappa shape index (κ1) is 10.2. The van der Waals surface area contributed by atoms with Gasteiger partial charge in [0, 0.05) is 11.1 Å². The lowest BCUT2D eigenvalue weighted by atomic mass is 10.1. The molecule has 0 aliphatic carbocycles. The number of fused-ring (bicyclic) bond motifs is 1. The Labute approximate surface area is 102 Å². The van der Waals surface area contributed by atoms with E-state index in [0.717, 1.165) is 41.6 Å². The van der Waals surface area contributed by atoms with Gasteiger partial charge in [-0.05, 0) is 40.9 Å². The molecule has 0 bridgehead atoms. The molecular formula is C11H12BrN3O. The number of nitrogens with zero attached hydrogens (tertiary/aromatic N) is 3. The van der Waals surface area contributed by atoms with Crippen molar-refractivity contribution >= 4 is 27.0 Å². The molecule has 0 amide bonds. The Hall–Kier alpha value is -0.940. The highest BCUT2D eigenvalue weighted by Crippen LogP contribution is 2.27. The zero-order valence-corrected chi connectivity index (χ0v) is 10.4. The SMILES string of the molecule is Brc1cccc2nnn(C3CCCOC3)c12. The van der Waals surface area contributed by atoms with Gasteiger partial charge >= 0.3 is 0 Å². The lowest BCUT2D eigenvalue weighted by Gasteiger charge is -2.22. The standard InChI is InChI=1S/C11H12BrN3O/c12-9-4-1-5-10-11(9)15(14-13-10)8-3-2-6-16-7-8/h1,4-5,8H,2-3,6-7H2. The maximum absolute atomic E-state index is 5.49. The molecule has 0 spiro atoms. The third kappa shape index (κ3) is 1.64. The zero-order valence-electron chi connectivity index (χ0n) is 8.77. The number of hydrogen-bond donors (Lipinski definition) is 0. The fraction of sp³-hybridized carbons (Fsp3) is 0.455. The highest BCUT2D eigenvalue weighted by Gasteiger charge is 2.20. The van der Waals surface area contributed by atoms with Crippen molar-refractivity contribution in [3.63, 3.8) is 0 Å². The van der Waals surface area contributed by atoms with E-state index >= 15 is 0 Å². The number of para-hydroxylation sites is 1. The smallest absolute Gasteiger partial charge is 0.114 e. The fourth-order valence-corrected chi connectivity index (χ4v) is 2.66. The van der Waals surface area contributed by atoms with E-state index in [1.165, 1.54) is 0 Å². The first-order valence-electron chi connectivity index (χ1n) is 5.43. The van der Waals surface area contributed by atoms with Gasteiger partial charge in [-0.1, -0.05) is 11.3 Å². The fourth-order valence-electron chi connectivity index (χ4n) is 2.12. The molecule has 16 heavy (non-hydrogen) atoms. The Morgan fingerprint density at radius 1 is 1.44 bits per heavy atom. The second-order valence-corrected chi connectivity index (χ2v) is 4.87. The normalized spacial score (nSPS) is 21.4. The van der Waals surface area contributed by atoms with Gasteiger partial charge in [-0.3, -0.25) is 0 Å². The maximum atomic E-state index is 5.49. The van der Waals surface area contributed by atoms with Crippen molar-refractivity contribution < 1.29 is 4.74 Å². The third-order valence-corrected chi connectivity index (χ3v) is 3.57. The van der Waals surface area contributed by atoms with Crippen molar-refractivity contribution in [3.8, 4) is 0 Å². The molecule has 1 unspecified atom stereocenters. The van der Waals surface area contributed by atoms with Crippen molar-refractivity contribution in [2.45, 2.75) is 18.9 Å². The van der Waals surface area contributed by atoms with Gasteiger partial charge in [-0.15, -0.1) is 5.10 Å². The highest BCUT2D eigenvalue weighted by atomic mass is 79.9. The Morgan fingerprint density at radius 2 is 2.38 bits per heavy atom. The highest BCUT2D eigenvalue weighted by molar-refractivity contribution is 9.10. The molecule has 1 aromatic heterocycles. The minimum atomic E-state index is 0.317. The van der Waals surface area contributed by atoms with Gasteiger partial charge < -0.3 is 4.74 Å². The zero-order chi connectivity index (χ0) is 11.0. The van der Waals surface area contributed by atoms with Crippen LogP contribution < -0.4 is 0 Å². The molecule has 0 N–H and O–H groups in total. The van der Waals surface area contributed by atoms with E-state index < -0.39 is 0 Å². The second kappa shape index (κ2) is 4.14. The van der Waals surface area contributed by atoms with Crippen molar-refractivity contribution in [1.82, 2.24) is 15.0 Å². The topological polar surface area (TPSA) is 39.9 Å². The Morgan fingerprint density at radius 3 is 3.19 bits per heavy atom. The first-order valence-corrected chi connectivity index (χ1v) is 6.23. The summed E-state index contributed by atoms with van der Waals surface area (Å²) in [7, 11) is 0. The van der Waals surface area contributed by atoms with Gasteiger partial charge in [0.1, 0.15) is 11.0 Å². The Kier molecular flexibility index (Phi) is 2.65. The summed E-state index contributed by atoms with van der Waals surface area (Å²) in [5.74, 6) is 0. The predicted octanol–water partition coefficient (Wildman–Crippen LogP) is 2.55. The molecule has 5 heteroatoms. The van der Waals surface area contributed by atoms with Crippen LogP contribution in [0.2, 0.25) is 0 Å². The van der Waals surface area contributed by atoms with Crippen LogP contribution in [-0.4, -0.2) is 28.2 Å². The predicted molar refractivity (Wildman–Crippen MR) is 64.3 cm³/mol. The van der Waals surface area contributed by atoms with E-state index in [2.05, 4.69) is 26.2 Å². The molecule has 1 aromatic carbocycles. The number of hydrogen-bond acceptors (Lipinski definition) is 3. The molecule has 1 aliphatic rings. The van der Waals surface area contributed by atoms with E-state index in [0.29, 0.717) is 6.04 Å². The minimum Gasteiger partial charge on any atom is -0.379 e. The van der Waals surface area contributed by atoms with Crippen LogP contribution in [0, 0.1) is 0 Å². The van der Waals surface area contributed by atoms with Crippen LogP contribution in [0.3, 0.4) is 0 Å². The maximum Gasteiger partial charge on any atom is 0.114 e. The van der Waals surface area contributed by atoms with Crippen LogP contribution in [0.15, 0.2) is 22.7 Å². The van der Waals surface area contributed by atoms with E-state index in [9.17, 15) is 0 Å². The van der Waals surface area contributed by atoms with Crippen LogP contribution in [0.1, 0.15) is 18.9 Å². The quantitative estimate of drug-likeness (QED) is 0.807. The number of aromatic nitrogens is 3. The van der Waals surface area contributed by atoms with Crippen LogP contribution in [0.5, 0.6) is 0 Å². The molecule has 3 rings (SSSR count). The van der Waals surface area contributed by atoms with Crippen LogP contribution in [0.4, 0.5) is 0 Å². The van der Waals surface area contributed by atoms with E-state index in [1.54, 1.807) is 0 Å². The van der Waals surface area contributed by atoms with Crippen molar-refractivity contribution in [2.24, 2.45) is 0 Å². The van der Waals surface area contributed by atoms with Crippen molar-refractivity contribution in [1.29, 1.82) is 0 Å². The largest absolute Gasteiger partial charge is 0.379 e. The lowest BCUT2D eigenvalue weighted by molar-refractivity contribution is 0.0558. The summed E-state index contributed by atoms with van der Waals surface area (Å²) in [6.45, 7) is 1.60. The summed E-state index contributed by atoms with van der Waals surface area (Å²) in [4.78, 5) is 0. The van der Waals surface area contributed by atoms with E-state index in [1.807, 2.05) is 22.9 Å². The van der Waals surface area contributed by atoms with Crippen molar-refractivity contribution in [3.05, 3.63) is 22.7 Å². The number of halogens is 1. The summed E-state index contributed by atoms with van der Waals surface area (Å²) in [6, 6.07) is 6.29. The molecule has 2 aromatic rings. The van der Waals surface area contributed by atoms with E-state index in [-0.39, 0.29) is 0 Å². The molecule has 2 heterocycles. The summed E-state index contributed by atoms with van der Waals surface area (Å²) in [5, 5.41) is 8.42. The van der Waals surface area contributed by atoms with Gasteiger partial charge in [0.25, 0.3) is 0 Å². The average molecular weight is 282 g/mol. The minimum absolute atomic E-state index is 0.317. The molecule has 4 nitrogen and oxygen atoms in total. The molecular weight excluding hydrogens is 270 g/mol. The van der Waals surface area contributed by atoms with Crippen LogP contribution >= 0.6 is 15.9 Å². The summed E-state index contributed by atoms with van der Waals surface area (Å²) >= 11 is 3.55. The number of benzene rings is 1. The average Bonchev–Trinajstić information content (AvgIpc) is 2.75. The monoisotopic (exact) mass is 281 g/mol. The van der Waals surface area contributed by atoms with Gasteiger partial charge in [0.05, 0.1) is 12.6 Å². The van der Waals surface area contributed by atoms with Crippen LogP contribution in [0.25, 0.3) is 11.0 Å². The van der Waals surface area contributed by atoms with Gasteiger partial charge in [0.15, 0.2) is 0 Å². The van der Waals surface area contributed by atoms with Gasteiger partial charge in [0.2, 0.25) is 0 Å². The molecule has 1 fully saturated rings. The second-order valence-electron chi connectivity index (χ2n) is 4.01. The lowest BCUT2D eigenvalue weighted by Crippen LogP contribution is -2.22. The molecule has 1 saturated heterocycles. The summed E-state index contributed by atoms with van der Waals surface area (Å²) < 4.78 is 8.52. The van der Waals surface area contributed by atoms with Gasteiger partial charge in [-0.2, -0.15) is 0 Å². The van der Waals surface area contributed by atoms with Crippen LogP contribution in [-0.2, 0) is 4.74 Å². The van der Waals surface area contributed by atoms with Gasteiger partial charge in [-0.25, -0.2) is 4.68 Å².